The van der Waals surface area contributed by atoms with Crippen molar-refractivity contribution in [1.82, 2.24) is 14.5 Å². The highest BCUT2D eigenvalue weighted by atomic mass is 19.1. The summed E-state index contributed by atoms with van der Waals surface area (Å²) in [7, 11) is 0. The van der Waals surface area contributed by atoms with E-state index in [1.807, 2.05) is 10.6 Å². The van der Waals surface area contributed by atoms with Crippen LogP contribution in [0.5, 0.6) is 5.88 Å². The number of aromatic nitrogens is 3. The molecule has 2 aromatic heterocycles. The molecule has 1 atom stereocenters. The predicted molar refractivity (Wildman–Crippen MR) is 149 cm³/mol. The van der Waals surface area contributed by atoms with Crippen LogP contribution in [0.1, 0.15) is 39.3 Å². The number of carbonyl (C=O) groups is 1. The molecule has 11 heteroatoms. The molecule has 1 N–H and O–H groups in total. The number of imidazole rings is 1. The van der Waals surface area contributed by atoms with Gasteiger partial charge in [-0.05, 0) is 66.6 Å². The van der Waals surface area contributed by atoms with Crippen LogP contribution in [0, 0.1) is 28.8 Å². The highest BCUT2D eigenvalue weighted by Gasteiger charge is 2.23. The summed E-state index contributed by atoms with van der Waals surface area (Å²) in [6, 6.07) is 17.4. The van der Waals surface area contributed by atoms with Gasteiger partial charge in [-0.25, -0.2) is 27.9 Å². The zero-order chi connectivity index (χ0) is 30.1. The number of carboxylic acids is 1. The molecular weight excluding hydrogens is 561 g/mol. The maximum absolute atomic E-state index is 15.4. The normalized spacial score (nSPS) is 14.3. The zero-order valence-electron chi connectivity index (χ0n) is 22.6. The molecule has 1 aliphatic heterocycles. The van der Waals surface area contributed by atoms with Gasteiger partial charge in [-0.15, -0.1) is 0 Å². The number of aromatic carboxylic acids is 1. The number of halogens is 3. The lowest BCUT2D eigenvalue weighted by atomic mass is 10.0. The smallest absolute Gasteiger partial charge is 0.335 e. The molecule has 8 nitrogen and oxygen atoms in total. The Hall–Kier alpha value is -5.21. The number of fused-ring (bicyclic) bond motifs is 1. The summed E-state index contributed by atoms with van der Waals surface area (Å²) < 4.78 is 57.0. The number of hydrogen-bond acceptors (Lipinski definition) is 6. The lowest BCUT2D eigenvalue weighted by Crippen LogP contribution is -2.31. The van der Waals surface area contributed by atoms with Gasteiger partial charge >= 0.3 is 5.97 Å². The topological polar surface area (TPSA) is 110 Å². The number of ether oxygens (including phenoxy) is 2. The average molecular weight is 585 g/mol. The summed E-state index contributed by atoms with van der Waals surface area (Å²) >= 11 is 0. The fourth-order valence-corrected chi connectivity index (χ4v) is 4.89. The fraction of sp³-hybridized carbons (Fsp3) is 0.188. The monoisotopic (exact) mass is 584 g/mol. The van der Waals surface area contributed by atoms with Crippen LogP contribution in [0.25, 0.3) is 22.3 Å². The Morgan fingerprint density at radius 2 is 1.86 bits per heavy atom. The fourth-order valence-electron chi connectivity index (χ4n) is 4.89. The summed E-state index contributed by atoms with van der Waals surface area (Å²) in [4.78, 5) is 20.4. The van der Waals surface area contributed by atoms with E-state index in [0.29, 0.717) is 35.6 Å². The van der Waals surface area contributed by atoms with E-state index in [-0.39, 0.29) is 47.1 Å². The highest BCUT2D eigenvalue weighted by Crippen LogP contribution is 2.28. The lowest BCUT2D eigenvalue weighted by molar-refractivity contribution is -0.0589. The molecule has 3 heterocycles. The Kier molecular flexibility index (Phi) is 7.52. The third kappa shape index (κ3) is 5.78. The number of hydrogen-bond donors (Lipinski definition) is 1. The molecule has 0 radical (unpaired) electrons. The van der Waals surface area contributed by atoms with Crippen LogP contribution in [-0.4, -0.2) is 38.3 Å². The summed E-state index contributed by atoms with van der Waals surface area (Å²) in [5.74, 6) is -2.90. The van der Waals surface area contributed by atoms with Gasteiger partial charge in [0.05, 0.1) is 46.6 Å². The number of nitriles is 1. The van der Waals surface area contributed by atoms with Crippen molar-refractivity contribution in [1.29, 1.82) is 5.26 Å². The summed E-state index contributed by atoms with van der Waals surface area (Å²) in [6.07, 6.45) is 1.13. The van der Waals surface area contributed by atoms with Crippen LogP contribution in [-0.2, 0) is 24.3 Å². The summed E-state index contributed by atoms with van der Waals surface area (Å²) in [5.41, 5.74) is 2.52. The molecule has 1 aliphatic rings. The zero-order valence-corrected chi connectivity index (χ0v) is 22.6. The van der Waals surface area contributed by atoms with Crippen LogP contribution in [0.4, 0.5) is 13.2 Å². The van der Waals surface area contributed by atoms with Gasteiger partial charge in [-0.1, -0.05) is 12.1 Å². The van der Waals surface area contributed by atoms with Crippen molar-refractivity contribution in [3.8, 4) is 23.2 Å². The van der Waals surface area contributed by atoms with Crippen molar-refractivity contribution >= 4 is 17.0 Å². The molecule has 1 unspecified atom stereocenters. The van der Waals surface area contributed by atoms with Crippen LogP contribution >= 0.6 is 0 Å². The second kappa shape index (κ2) is 11.6. The van der Waals surface area contributed by atoms with Gasteiger partial charge in [0.2, 0.25) is 0 Å². The van der Waals surface area contributed by atoms with E-state index in [2.05, 4.69) is 4.98 Å². The predicted octanol–water partition coefficient (Wildman–Crippen LogP) is 6.04. The van der Waals surface area contributed by atoms with Crippen LogP contribution in [0.2, 0.25) is 0 Å². The Morgan fingerprint density at radius 1 is 1.02 bits per heavy atom. The molecule has 1 fully saturated rings. The van der Waals surface area contributed by atoms with E-state index in [0.717, 1.165) is 18.6 Å². The van der Waals surface area contributed by atoms with Crippen molar-refractivity contribution in [2.75, 3.05) is 6.61 Å². The maximum Gasteiger partial charge on any atom is 0.335 e. The molecule has 0 aliphatic carbocycles. The van der Waals surface area contributed by atoms with Gasteiger partial charge in [0.15, 0.2) is 5.82 Å². The van der Waals surface area contributed by atoms with Gasteiger partial charge in [-0.2, -0.15) is 5.26 Å². The van der Waals surface area contributed by atoms with E-state index >= 15 is 4.39 Å². The van der Waals surface area contributed by atoms with Gasteiger partial charge in [-0.3, -0.25) is 0 Å². The Labute approximate surface area is 243 Å². The van der Waals surface area contributed by atoms with E-state index in [1.165, 1.54) is 36.4 Å². The number of nitrogens with zero attached hydrogens (tertiary/aromatic N) is 4. The minimum Gasteiger partial charge on any atom is -0.478 e. The first-order valence-electron chi connectivity index (χ1n) is 13.4. The molecule has 0 amide bonds. The molecule has 216 valence electrons. The number of benzene rings is 3. The standard InChI is InChI=1S/C32H23F3N4O4/c33-24-6-8-27(38-31(24)43-17-21-3-1-19(15-36)12-25(21)34)23-5-2-18(11-26(23)35)13-30-37-28-7-4-20(32(40)41)14-29(28)39(30)16-22-9-10-42-22/h1-8,11-12,14,22H,9-10,13,16-17H2,(H,40,41). The molecular formula is C32H23F3N4O4. The van der Waals surface area contributed by atoms with Gasteiger partial charge in [0.1, 0.15) is 24.1 Å². The number of rotatable bonds is 9. The minimum absolute atomic E-state index is 0.0156. The van der Waals surface area contributed by atoms with Crippen molar-refractivity contribution in [3.05, 3.63) is 112 Å². The Morgan fingerprint density at radius 3 is 2.56 bits per heavy atom. The third-order valence-electron chi connectivity index (χ3n) is 7.29. The second-order valence-corrected chi connectivity index (χ2v) is 10.1. The lowest BCUT2D eigenvalue weighted by Gasteiger charge is -2.27. The van der Waals surface area contributed by atoms with Crippen LogP contribution < -0.4 is 4.74 Å². The van der Waals surface area contributed by atoms with Gasteiger partial charge in [0, 0.05) is 24.2 Å². The average Bonchev–Trinajstić information content (AvgIpc) is 3.31. The SMILES string of the molecule is N#Cc1ccc(COc2nc(-c3ccc(Cc4nc5ccc(C(=O)O)cc5n4CC4CCO4)cc3F)ccc2F)c(F)c1. The van der Waals surface area contributed by atoms with Gasteiger partial charge in [0.25, 0.3) is 5.88 Å². The first kappa shape index (κ1) is 27.9. The highest BCUT2D eigenvalue weighted by molar-refractivity contribution is 5.92. The molecule has 5 aromatic rings. The van der Waals surface area contributed by atoms with Crippen molar-refractivity contribution < 1.29 is 32.5 Å². The van der Waals surface area contributed by atoms with E-state index < -0.39 is 29.3 Å². The third-order valence-corrected chi connectivity index (χ3v) is 7.29. The van der Waals surface area contributed by atoms with Crippen molar-refractivity contribution in [2.45, 2.75) is 32.1 Å². The van der Waals surface area contributed by atoms with Gasteiger partial charge < -0.3 is 19.1 Å². The summed E-state index contributed by atoms with van der Waals surface area (Å²) in [5, 5.41) is 18.4. The molecule has 0 bridgehead atoms. The van der Waals surface area contributed by atoms with E-state index in [1.54, 1.807) is 18.2 Å². The molecule has 6 rings (SSSR count). The van der Waals surface area contributed by atoms with Crippen LogP contribution in [0.15, 0.2) is 66.7 Å². The Bertz CT molecular complexity index is 1910. The number of pyridine rings is 1. The molecule has 0 saturated carbocycles. The Balaban J connectivity index is 1.25. The first-order valence-corrected chi connectivity index (χ1v) is 13.4. The molecule has 43 heavy (non-hydrogen) atoms. The maximum atomic E-state index is 15.4. The minimum atomic E-state index is -1.04. The second-order valence-electron chi connectivity index (χ2n) is 10.1. The van der Waals surface area contributed by atoms with Crippen LogP contribution in [0.3, 0.4) is 0 Å². The quantitative estimate of drug-likeness (QED) is 0.225. The largest absolute Gasteiger partial charge is 0.478 e. The first-order chi connectivity index (χ1) is 20.8. The van der Waals surface area contributed by atoms with E-state index in [4.69, 9.17) is 19.7 Å². The number of carboxylic acid groups (broad SMARTS) is 1. The van der Waals surface area contributed by atoms with Crippen molar-refractivity contribution in [2.24, 2.45) is 0 Å². The molecule has 3 aromatic carbocycles. The van der Waals surface area contributed by atoms with Crippen molar-refractivity contribution in [3.63, 3.8) is 0 Å². The molecule has 1 saturated heterocycles. The molecule has 0 spiro atoms. The van der Waals surface area contributed by atoms with E-state index in [9.17, 15) is 18.7 Å². The summed E-state index contributed by atoms with van der Waals surface area (Å²) in [6.45, 7) is 0.813.